The third-order valence-corrected chi connectivity index (χ3v) is 4.72. The molecule has 0 aliphatic carbocycles. The van der Waals surface area contributed by atoms with E-state index in [0.29, 0.717) is 24.4 Å². The average molecular weight is 422 g/mol. The van der Waals surface area contributed by atoms with E-state index in [-0.39, 0.29) is 11.9 Å². The number of hydrogen-bond acceptors (Lipinski definition) is 4. The minimum absolute atomic E-state index is 0.0978. The summed E-state index contributed by atoms with van der Waals surface area (Å²) in [6.45, 7) is 7.90. The van der Waals surface area contributed by atoms with Gasteiger partial charge in [0, 0.05) is 34.2 Å². The van der Waals surface area contributed by atoms with Crippen molar-refractivity contribution in [3.05, 3.63) is 33.3 Å². The largest absolute Gasteiger partial charge is 0.508 e. The predicted octanol–water partition coefficient (Wildman–Crippen LogP) is 3.09. The molecule has 0 radical (unpaired) electrons. The molecule has 1 aliphatic heterocycles. The molecule has 0 bridgehead atoms. The molecule has 0 unspecified atom stereocenters. The van der Waals surface area contributed by atoms with E-state index in [1.165, 1.54) is 0 Å². The highest BCUT2D eigenvalue weighted by Crippen LogP contribution is 2.36. The predicted molar refractivity (Wildman–Crippen MR) is 96.9 cm³/mol. The molecule has 1 atom stereocenters. The molecule has 3 rings (SSSR count). The summed E-state index contributed by atoms with van der Waals surface area (Å²) in [5.41, 5.74) is 0.484. The van der Waals surface area contributed by atoms with Crippen molar-refractivity contribution in [1.29, 1.82) is 0 Å². The molecule has 1 fully saturated rings. The monoisotopic (exact) mass is 422 g/mol. The van der Waals surface area contributed by atoms with Gasteiger partial charge >= 0.3 is 0 Å². The minimum atomic E-state index is 0.0978. The van der Waals surface area contributed by atoms with Crippen LogP contribution in [0, 0.1) is 10.1 Å². The van der Waals surface area contributed by atoms with Gasteiger partial charge in [0.2, 0.25) is 11.6 Å². The van der Waals surface area contributed by atoms with E-state index in [1.807, 2.05) is 12.1 Å². The summed E-state index contributed by atoms with van der Waals surface area (Å²) in [5.74, 6) is 1.37. The number of fused-ring (bicyclic) bond motifs is 1. The van der Waals surface area contributed by atoms with E-state index in [9.17, 15) is 4.79 Å². The lowest BCUT2D eigenvalue weighted by Crippen LogP contribution is -2.32. The number of carbonyl (C=O) groups excluding carboxylic acids is 1. The average Bonchev–Trinajstić information content (AvgIpc) is 2.98. The Labute approximate surface area is 147 Å². The summed E-state index contributed by atoms with van der Waals surface area (Å²) < 4.78 is 6.28. The highest BCUT2D eigenvalue weighted by molar-refractivity contribution is 14.1. The molecule has 7 heteroatoms. The second-order valence-electron chi connectivity index (χ2n) is 5.32. The fourth-order valence-corrected chi connectivity index (χ4v) is 3.25. The third-order valence-electron chi connectivity index (χ3n) is 3.86. The van der Waals surface area contributed by atoms with Gasteiger partial charge in [-0.1, -0.05) is 0 Å². The summed E-state index contributed by atoms with van der Waals surface area (Å²) in [7, 11) is 1.55. The topological polar surface area (TPSA) is 67.6 Å². The van der Waals surface area contributed by atoms with E-state index >= 15 is 0 Å². The van der Waals surface area contributed by atoms with E-state index in [0.717, 1.165) is 26.6 Å². The number of benzene rings is 1. The molecule has 2 N–H and O–H groups in total. The van der Waals surface area contributed by atoms with Gasteiger partial charge < -0.3 is 15.4 Å². The highest BCUT2D eigenvalue weighted by Gasteiger charge is 2.21. The van der Waals surface area contributed by atoms with Crippen LogP contribution in [0.25, 0.3) is 15.6 Å². The third kappa shape index (κ3) is 3.17. The number of hydrogen-bond donors (Lipinski definition) is 2. The Balaban J connectivity index is 1.95. The van der Waals surface area contributed by atoms with E-state index in [4.69, 9.17) is 11.3 Å². The molecule has 1 saturated heterocycles. The lowest BCUT2D eigenvalue weighted by atomic mass is 10.1. The first-order chi connectivity index (χ1) is 11.1. The van der Waals surface area contributed by atoms with Crippen molar-refractivity contribution in [2.75, 3.05) is 19.0 Å². The van der Waals surface area contributed by atoms with Gasteiger partial charge in [-0.2, -0.15) is 0 Å². The molecule has 2 heterocycles. The number of pyridine rings is 1. The summed E-state index contributed by atoms with van der Waals surface area (Å²) in [6, 6.07) is 3.80. The number of methoxy groups -OCH3 is 1. The van der Waals surface area contributed by atoms with Crippen molar-refractivity contribution in [2.45, 2.75) is 18.9 Å². The zero-order valence-electron chi connectivity index (χ0n) is 12.5. The fourth-order valence-electron chi connectivity index (χ4n) is 2.66. The van der Waals surface area contributed by atoms with Crippen molar-refractivity contribution in [3.8, 4) is 5.75 Å². The van der Waals surface area contributed by atoms with Crippen LogP contribution in [0.5, 0.6) is 5.75 Å². The second kappa shape index (κ2) is 6.58. The summed E-state index contributed by atoms with van der Waals surface area (Å²) in [5, 5.41) is 8.10. The van der Waals surface area contributed by atoms with Gasteiger partial charge in [0.1, 0.15) is 11.6 Å². The van der Waals surface area contributed by atoms with Crippen molar-refractivity contribution >= 4 is 50.8 Å². The van der Waals surface area contributed by atoms with Crippen LogP contribution in [0.4, 0.5) is 11.5 Å². The van der Waals surface area contributed by atoms with Crippen LogP contribution in [0.3, 0.4) is 0 Å². The summed E-state index contributed by atoms with van der Waals surface area (Å²) in [4.78, 5) is 19.2. The smallest absolute Gasteiger partial charge is 0.228 e. The highest BCUT2D eigenvalue weighted by atomic mass is 127. The van der Waals surface area contributed by atoms with Crippen molar-refractivity contribution in [3.63, 3.8) is 0 Å². The quantitative estimate of drug-likeness (QED) is 0.587. The number of rotatable bonds is 4. The molecule has 23 heavy (non-hydrogen) atoms. The first-order valence-corrected chi connectivity index (χ1v) is 8.27. The van der Waals surface area contributed by atoms with Gasteiger partial charge in [-0.25, -0.2) is 9.83 Å². The number of aromatic nitrogens is 1. The SMILES string of the molecule is [C-]#[N+]c1cc2c(I)cnc(NC[C@@H]3CCC(=O)N3)c2cc1OC. The molecule has 1 aliphatic rings. The lowest BCUT2D eigenvalue weighted by molar-refractivity contribution is -0.119. The number of carbonyl (C=O) groups is 1. The number of anilines is 1. The molecular formula is C16H15IN4O2. The van der Waals surface area contributed by atoms with Gasteiger partial charge in [0.05, 0.1) is 13.7 Å². The molecule has 118 valence electrons. The van der Waals surface area contributed by atoms with Crippen molar-refractivity contribution in [1.82, 2.24) is 10.3 Å². The van der Waals surface area contributed by atoms with Crippen LogP contribution in [0.2, 0.25) is 0 Å². The Morgan fingerprint density at radius 1 is 1.52 bits per heavy atom. The zero-order chi connectivity index (χ0) is 16.4. The maximum atomic E-state index is 11.3. The Bertz CT molecular complexity index is 816. The van der Waals surface area contributed by atoms with E-state index < -0.39 is 0 Å². The molecule has 0 saturated carbocycles. The van der Waals surface area contributed by atoms with E-state index in [1.54, 1.807) is 13.3 Å². The fraction of sp³-hybridized carbons (Fsp3) is 0.312. The number of nitrogens with one attached hydrogen (secondary N) is 2. The normalized spacial score (nSPS) is 16.9. The van der Waals surface area contributed by atoms with Crippen LogP contribution >= 0.6 is 22.6 Å². The first kappa shape index (κ1) is 15.8. The Hall–Kier alpha value is -2.08. The van der Waals surface area contributed by atoms with Crippen LogP contribution < -0.4 is 15.4 Å². The van der Waals surface area contributed by atoms with Crippen molar-refractivity contribution in [2.24, 2.45) is 0 Å². The Morgan fingerprint density at radius 2 is 2.35 bits per heavy atom. The van der Waals surface area contributed by atoms with Crippen LogP contribution in [0.1, 0.15) is 12.8 Å². The van der Waals surface area contributed by atoms with Crippen molar-refractivity contribution < 1.29 is 9.53 Å². The zero-order valence-corrected chi connectivity index (χ0v) is 14.7. The Morgan fingerprint density at radius 3 is 3.00 bits per heavy atom. The van der Waals surface area contributed by atoms with Gasteiger partial charge in [-0.3, -0.25) is 4.79 Å². The maximum Gasteiger partial charge on any atom is 0.228 e. The number of amides is 1. The molecule has 1 aromatic heterocycles. The second-order valence-corrected chi connectivity index (χ2v) is 6.48. The van der Waals surface area contributed by atoms with E-state index in [2.05, 4.69) is 43.1 Å². The molecular weight excluding hydrogens is 407 g/mol. The summed E-state index contributed by atoms with van der Waals surface area (Å²) in [6.07, 6.45) is 3.19. The lowest BCUT2D eigenvalue weighted by Gasteiger charge is -2.15. The Kier molecular flexibility index (Phi) is 4.52. The molecule has 1 aromatic carbocycles. The maximum absolute atomic E-state index is 11.3. The minimum Gasteiger partial charge on any atom is -0.508 e. The van der Waals surface area contributed by atoms with Gasteiger partial charge in [0.25, 0.3) is 0 Å². The molecule has 6 nitrogen and oxygen atoms in total. The molecule has 1 amide bonds. The molecule has 0 spiro atoms. The van der Waals surface area contributed by atoms with Crippen LogP contribution in [0.15, 0.2) is 18.3 Å². The van der Waals surface area contributed by atoms with Gasteiger partial charge in [-0.05, 0) is 46.5 Å². The van der Waals surface area contributed by atoms with Crippen LogP contribution in [-0.2, 0) is 4.79 Å². The number of nitrogens with zero attached hydrogens (tertiary/aromatic N) is 2. The number of halogens is 1. The van der Waals surface area contributed by atoms with Crippen LogP contribution in [-0.4, -0.2) is 30.6 Å². The van der Waals surface area contributed by atoms with Gasteiger partial charge in [-0.15, -0.1) is 0 Å². The van der Waals surface area contributed by atoms with Gasteiger partial charge in [0.15, 0.2) is 0 Å². The summed E-state index contributed by atoms with van der Waals surface area (Å²) >= 11 is 2.21. The molecule has 2 aromatic rings. The standard InChI is InChI=1S/C16H15IN4O2/c1-18-13-5-10-11(6-14(13)23-2)16(20-8-12(10)17)19-7-9-3-4-15(22)21-9/h5-6,8-9H,3-4,7H2,2H3,(H,19,20)(H,21,22)/t9-/m0/s1. The first-order valence-electron chi connectivity index (χ1n) is 7.19. The number of ether oxygens (including phenoxy) is 1.